The number of carbonyl (C=O) groups is 1. The predicted octanol–water partition coefficient (Wildman–Crippen LogP) is 4.02. The standard InChI is InChI=1S/C18H18BrFN2O3S/c19-14-6-9-17(16(20)12-14)21-18(23)13-4-7-15(8-5-13)26(24,25)22-10-2-1-3-11-22/h4-9,12H,1-3,10-11H2,(H,21,23). The van der Waals surface area contributed by atoms with Crippen LogP contribution in [0.1, 0.15) is 29.6 Å². The third-order valence-corrected chi connectivity index (χ3v) is 6.65. The van der Waals surface area contributed by atoms with Gasteiger partial charge in [-0.3, -0.25) is 4.79 Å². The number of amides is 1. The summed E-state index contributed by atoms with van der Waals surface area (Å²) in [6, 6.07) is 10.0. The number of nitrogens with zero attached hydrogens (tertiary/aromatic N) is 1. The second-order valence-electron chi connectivity index (χ2n) is 6.07. The van der Waals surface area contributed by atoms with E-state index in [1.165, 1.54) is 40.7 Å². The Balaban J connectivity index is 1.75. The van der Waals surface area contributed by atoms with Crippen LogP contribution in [0.25, 0.3) is 0 Å². The van der Waals surface area contributed by atoms with Gasteiger partial charge in [-0.15, -0.1) is 0 Å². The summed E-state index contributed by atoms with van der Waals surface area (Å²) in [5.41, 5.74) is 0.313. The van der Waals surface area contributed by atoms with E-state index in [1.54, 1.807) is 6.07 Å². The van der Waals surface area contributed by atoms with E-state index >= 15 is 0 Å². The fraction of sp³-hybridized carbons (Fsp3) is 0.278. The van der Waals surface area contributed by atoms with Gasteiger partial charge < -0.3 is 5.32 Å². The lowest BCUT2D eigenvalue weighted by molar-refractivity contribution is 0.102. The molecule has 0 aromatic heterocycles. The monoisotopic (exact) mass is 440 g/mol. The summed E-state index contributed by atoms with van der Waals surface area (Å²) >= 11 is 3.15. The van der Waals surface area contributed by atoms with Crippen molar-refractivity contribution in [2.75, 3.05) is 18.4 Å². The predicted molar refractivity (Wildman–Crippen MR) is 101 cm³/mol. The zero-order valence-corrected chi connectivity index (χ0v) is 16.3. The van der Waals surface area contributed by atoms with Crippen molar-refractivity contribution in [3.63, 3.8) is 0 Å². The first-order chi connectivity index (χ1) is 12.4. The van der Waals surface area contributed by atoms with Gasteiger partial charge >= 0.3 is 0 Å². The zero-order chi connectivity index (χ0) is 18.7. The molecule has 0 saturated carbocycles. The van der Waals surface area contributed by atoms with Crippen molar-refractivity contribution in [1.82, 2.24) is 4.31 Å². The van der Waals surface area contributed by atoms with E-state index in [4.69, 9.17) is 0 Å². The second kappa shape index (κ2) is 7.85. The lowest BCUT2D eigenvalue weighted by atomic mass is 10.2. The highest BCUT2D eigenvalue weighted by Gasteiger charge is 2.26. The summed E-state index contributed by atoms with van der Waals surface area (Å²) < 4.78 is 41.1. The van der Waals surface area contributed by atoms with Crippen LogP contribution < -0.4 is 5.32 Å². The number of hydrogen-bond acceptors (Lipinski definition) is 3. The normalized spacial score (nSPS) is 15.6. The summed E-state index contributed by atoms with van der Waals surface area (Å²) in [4.78, 5) is 12.4. The second-order valence-corrected chi connectivity index (χ2v) is 8.92. The number of hydrogen-bond donors (Lipinski definition) is 1. The molecule has 2 aromatic carbocycles. The van der Waals surface area contributed by atoms with Crippen LogP contribution >= 0.6 is 15.9 Å². The molecule has 5 nitrogen and oxygen atoms in total. The Morgan fingerprint density at radius 1 is 1.04 bits per heavy atom. The first kappa shape index (κ1) is 19.0. The van der Waals surface area contributed by atoms with Gasteiger partial charge in [0, 0.05) is 23.1 Å². The number of benzene rings is 2. The van der Waals surface area contributed by atoms with Gasteiger partial charge in [0.2, 0.25) is 10.0 Å². The van der Waals surface area contributed by atoms with Gasteiger partial charge in [-0.25, -0.2) is 12.8 Å². The van der Waals surface area contributed by atoms with E-state index in [1.807, 2.05) is 0 Å². The maximum absolute atomic E-state index is 13.8. The van der Waals surface area contributed by atoms with Crippen LogP contribution in [0.4, 0.5) is 10.1 Å². The van der Waals surface area contributed by atoms with Crippen LogP contribution in [0.2, 0.25) is 0 Å². The maximum atomic E-state index is 13.8. The molecule has 3 rings (SSSR count). The Labute approximate surface area is 160 Å². The molecule has 0 unspecified atom stereocenters. The molecule has 138 valence electrons. The highest BCUT2D eigenvalue weighted by atomic mass is 79.9. The lowest BCUT2D eigenvalue weighted by Crippen LogP contribution is -2.35. The van der Waals surface area contributed by atoms with E-state index in [2.05, 4.69) is 21.2 Å². The van der Waals surface area contributed by atoms with Crippen molar-refractivity contribution in [2.24, 2.45) is 0 Å². The van der Waals surface area contributed by atoms with Crippen LogP contribution in [0.3, 0.4) is 0 Å². The number of piperidine rings is 1. The molecule has 0 bridgehead atoms. The van der Waals surface area contributed by atoms with Gasteiger partial charge in [0.05, 0.1) is 10.6 Å². The Kier molecular flexibility index (Phi) is 5.74. The van der Waals surface area contributed by atoms with Crippen LogP contribution in [-0.2, 0) is 10.0 Å². The van der Waals surface area contributed by atoms with Crippen molar-refractivity contribution in [1.29, 1.82) is 0 Å². The zero-order valence-electron chi connectivity index (χ0n) is 13.9. The van der Waals surface area contributed by atoms with Crippen molar-refractivity contribution >= 4 is 37.5 Å². The third kappa shape index (κ3) is 4.13. The van der Waals surface area contributed by atoms with Gasteiger partial charge in [-0.1, -0.05) is 22.4 Å². The summed E-state index contributed by atoms with van der Waals surface area (Å²) in [7, 11) is -3.54. The van der Waals surface area contributed by atoms with Crippen molar-refractivity contribution in [2.45, 2.75) is 24.2 Å². The summed E-state index contributed by atoms with van der Waals surface area (Å²) in [5, 5.41) is 2.48. The van der Waals surface area contributed by atoms with Crippen LogP contribution in [0.5, 0.6) is 0 Å². The van der Waals surface area contributed by atoms with E-state index in [9.17, 15) is 17.6 Å². The molecule has 1 aliphatic rings. The minimum atomic E-state index is -3.54. The topological polar surface area (TPSA) is 66.5 Å². The largest absolute Gasteiger partial charge is 0.319 e. The highest BCUT2D eigenvalue weighted by Crippen LogP contribution is 2.22. The molecule has 1 amide bonds. The lowest BCUT2D eigenvalue weighted by Gasteiger charge is -2.25. The van der Waals surface area contributed by atoms with Gasteiger partial charge in [0.15, 0.2) is 0 Å². The van der Waals surface area contributed by atoms with Gasteiger partial charge in [0.25, 0.3) is 5.91 Å². The molecule has 1 saturated heterocycles. The summed E-state index contributed by atoms with van der Waals surface area (Å²) in [6.07, 6.45) is 2.76. The SMILES string of the molecule is O=C(Nc1ccc(Br)cc1F)c1ccc(S(=O)(=O)N2CCCCC2)cc1. The smallest absolute Gasteiger partial charge is 0.255 e. The van der Waals surface area contributed by atoms with Crippen molar-refractivity contribution in [3.05, 3.63) is 58.3 Å². The average molecular weight is 441 g/mol. The van der Waals surface area contributed by atoms with Gasteiger partial charge in [-0.05, 0) is 55.3 Å². The average Bonchev–Trinajstić information content (AvgIpc) is 2.65. The molecule has 8 heteroatoms. The molecular weight excluding hydrogens is 423 g/mol. The number of sulfonamides is 1. The first-order valence-corrected chi connectivity index (χ1v) is 10.5. The minimum Gasteiger partial charge on any atom is -0.319 e. The number of halogens is 2. The van der Waals surface area contributed by atoms with E-state index < -0.39 is 21.7 Å². The quantitative estimate of drug-likeness (QED) is 0.780. The Morgan fingerprint density at radius 3 is 2.31 bits per heavy atom. The number of rotatable bonds is 4. The molecule has 1 fully saturated rings. The summed E-state index contributed by atoms with van der Waals surface area (Å²) in [5.74, 6) is -1.06. The van der Waals surface area contributed by atoms with Crippen molar-refractivity contribution in [3.8, 4) is 0 Å². The van der Waals surface area contributed by atoms with E-state index in [0.717, 1.165) is 19.3 Å². The fourth-order valence-electron chi connectivity index (χ4n) is 2.82. The molecule has 0 aliphatic carbocycles. The van der Waals surface area contributed by atoms with Crippen LogP contribution in [0.15, 0.2) is 51.8 Å². The molecular formula is C18H18BrFN2O3S. The first-order valence-electron chi connectivity index (χ1n) is 8.24. The highest BCUT2D eigenvalue weighted by molar-refractivity contribution is 9.10. The number of nitrogens with one attached hydrogen (secondary N) is 1. The molecule has 1 N–H and O–H groups in total. The third-order valence-electron chi connectivity index (χ3n) is 4.25. The molecule has 0 atom stereocenters. The summed E-state index contributed by atoms with van der Waals surface area (Å²) in [6.45, 7) is 1.04. The van der Waals surface area contributed by atoms with E-state index in [0.29, 0.717) is 17.6 Å². The van der Waals surface area contributed by atoms with Crippen LogP contribution in [0, 0.1) is 5.82 Å². The van der Waals surface area contributed by atoms with Crippen LogP contribution in [-0.4, -0.2) is 31.7 Å². The fourth-order valence-corrected chi connectivity index (χ4v) is 4.67. The van der Waals surface area contributed by atoms with Gasteiger partial charge in [0.1, 0.15) is 5.82 Å². The Hall–Kier alpha value is -1.77. The molecule has 0 spiro atoms. The Morgan fingerprint density at radius 2 is 1.69 bits per heavy atom. The van der Waals surface area contributed by atoms with Crippen molar-refractivity contribution < 1.29 is 17.6 Å². The van der Waals surface area contributed by atoms with Gasteiger partial charge in [-0.2, -0.15) is 4.31 Å². The molecule has 1 aliphatic heterocycles. The Bertz CT molecular complexity index is 911. The molecule has 26 heavy (non-hydrogen) atoms. The number of anilines is 1. The molecule has 0 radical (unpaired) electrons. The number of carbonyl (C=O) groups excluding carboxylic acids is 1. The minimum absolute atomic E-state index is 0.0585. The molecule has 1 heterocycles. The van der Waals surface area contributed by atoms with E-state index in [-0.39, 0.29) is 16.1 Å². The molecule has 2 aromatic rings. The maximum Gasteiger partial charge on any atom is 0.255 e.